The largest absolute Gasteiger partial charge is 0.333 e. The maximum absolute atomic E-state index is 12.4. The van der Waals surface area contributed by atoms with E-state index in [1.54, 1.807) is 24.3 Å². The number of hydrogen-bond donors (Lipinski definition) is 3. The van der Waals surface area contributed by atoms with E-state index in [0.29, 0.717) is 30.0 Å². The van der Waals surface area contributed by atoms with E-state index in [2.05, 4.69) is 25.7 Å². The molecule has 3 heterocycles. The molecule has 9 heteroatoms. The first kappa shape index (κ1) is 20.8. The molecule has 2 amide bonds. The lowest BCUT2D eigenvalue weighted by Crippen LogP contribution is -2.29. The summed E-state index contributed by atoms with van der Waals surface area (Å²) in [5.74, 6) is 0.708. The minimum atomic E-state index is -0.357. The summed E-state index contributed by atoms with van der Waals surface area (Å²) in [4.78, 5) is 33.2. The molecule has 3 aromatic rings. The fourth-order valence-corrected chi connectivity index (χ4v) is 3.50. The van der Waals surface area contributed by atoms with Crippen LogP contribution in [0.2, 0.25) is 0 Å². The summed E-state index contributed by atoms with van der Waals surface area (Å²) in [5, 5.41) is 12.2. The summed E-state index contributed by atoms with van der Waals surface area (Å²) >= 11 is 1.58. The van der Waals surface area contributed by atoms with Gasteiger partial charge in [-0.05, 0) is 24.8 Å². The van der Waals surface area contributed by atoms with E-state index >= 15 is 0 Å². The number of rotatable bonds is 5. The van der Waals surface area contributed by atoms with Crippen LogP contribution in [0.5, 0.6) is 0 Å². The number of nitrogens with zero attached hydrogens (tertiary/aromatic N) is 3. The highest BCUT2D eigenvalue weighted by Crippen LogP contribution is 2.25. The molecule has 29 heavy (non-hydrogen) atoms. The zero-order valence-electron chi connectivity index (χ0n) is 17.3. The Morgan fingerprint density at radius 1 is 1.34 bits per heavy atom. The minimum Gasteiger partial charge on any atom is -0.333 e. The predicted octanol–water partition coefficient (Wildman–Crippen LogP) is 3.51. The number of aryl methyl sites for hydroxylation is 1. The van der Waals surface area contributed by atoms with Gasteiger partial charge in [0.15, 0.2) is 0 Å². The van der Waals surface area contributed by atoms with Crippen molar-refractivity contribution < 1.29 is 4.79 Å². The fraction of sp³-hybridized carbons (Fsp3) is 0.400. The van der Waals surface area contributed by atoms with E-state index in [0.717, 1.165) is 10.6 Å². The van der Waals surface area contributed by atoms with Crippen molar-refractivity contribution in [3.05, 3.63) is 55.8 Å². The lowest BCUT2D eigenvalue weighted by Gasteiger charge is -2.14. The quantitative estimate of drug-likeness (QED) is 0.594. The van der Waals surface area contributed by atoms with Gasteiger partial charge in [0.25, 0.3) is 5.56 Å². The van der Waals surface area contributed by atoms with Gasteiger partial charge in [-0.2, -0.15) is 9.78 Å². The Morgan fingerprint density at radius 2 is 2.10 bits per heavy atom. The minimum absolute atomic E-state index is 0.198. The summed E-state index contributed by atoms with van der Waals surface area (Å²) in [6, 6.07) is 5.34. The van der Waals surface area contributed by atoms with Gasteiger partial charge in [0.1, 0.15) is 5.82 Å². The number of hydrogen-bond acceptors (Lipinski definition) is 5. The highest BCUT2D eigenvalue weighted by atomic mass is 32.1. The summed E-state index contributed by atoms with van der Waals surface area (Å²) in [6.07, 6.45) is 0.594. The summed E-state index contributed by atoms with van der Waals surface area (Å²) in [6.45, 7) is 10.2. The van der Waals surface area contributed by atoms with Gasteiger partial charge in [-0.15, -0.1) is 11.3 Å². The third kappa shape index (κ3) is 4.73. The molecule has 3 N–H and O–H groups in total. The molecule has 0 aliphatic carbocycles. The molecular weight excluding hydrogens is 388 g/mol. The van der Waals surface area contributed by atoms with E-state index < -0.39 is 0 Å². The van der Waals surface area contributed by atoms with Crippen LogP contribution in [-0.2, 0) is 18.4 Å². The monoisotopic (exact) mass is 414 g/mol. The van der Waals surface area contributed by atoms with Crippen molar-refractivity contribution in [1.29, 1.82) is 0 Å². The Balaban J connectivity index is 1.93. The number of thiophene rings is 1. The number of anilines is 1. The Morgan fingerprint density at radius 3 is 2.69 bits per heavy atom. The van der Waals surface area contributed by atoms with Crippen LogP contribution >= 0.6 is 11.3 Å². The average molecular weight is 415 g/mol. The average Bonchev–Trinajstić information content (AvgIpc) is 3.29. The molecule has 0 aliphatic rings. The van der Waals surface area contributed by atoms with Crippen molar-refractivity contribution in [3.63, 3.8) is 0 Å². The molecule has 0 atom stereocenters. The number of amides is 2. The van der Waals surface area contributed by atoms with Crippen LogP contribution in [-0.4, -0.2) is 25.8 Å². The SMILES string of the molecule is CCc1c(C)nc(-n2nc(C(C)(C)C)cc2NC(=O)NCc2cccs2)[nH]c1=O. The second kappa shape index (κ2) is 8.20. The van der Waals surface area contributed by atoms with E-state index in [1.807, 2.05) is 45.2 Å². The molecular formula is C20H26N6O2S. The van der Waals surface area contributed by atoms with Gasteiger partial charge >= 0.3 is 6.03 Å². The molecule has 0 saturated heterocycles. The highest BCUT2D eigenvalue weighted by molar-refractivity contribution is 7.09. The molecule has 0 aromatic carbocycles. The van der Waals surface area contributed by atoms with Crippen LogP contribution in [0.1, 0.15) is 49.5 Å². The van der Waals surface area contributed by atoms with Crippen molar-refractivity contribution in [2.45, 2.75) is 53.0 Å². The molecule has 0 saturated carbocycles. The fourth-order valence-electron chi connectivity index (χ4n) is 2.85. The van der Waals surface area contributed by atoms with Gasteiger partial charge in [0, 0.05) is 27.6 Å². The Labute approximate surface area is 173 Å². The molecule has 3 rings (SSSR count). The van der Waals surface area contributed by atoms with Gasteiger partial charge in [0.2, 0.25) is 5.95 Å². The van der Waals surface area contributed by atoms with E-state index in [9.17, 15) is 9.59 Å². The lowest BCUT2D eigenvalue weighted by molar-refractivity contribution is 0.251. The van der Waals surface area contributed by atoms with Gasteiger partial charge in [-0.3, -0.25) is 15.1 Å². The summed E-state index contributed by atoms with van der Waals surface area (Å²) in [7, 11) is 0. The van der Waals surface area contributed by atoms with Gasteiger partial charge in [0.05, 0.1) is 12.2 Å². The number of carbonyl (C=O) groups is 1. The smallest absolute Gasteiger partial charge is 0.320 e. The predicted molar refractivity (Wildman–Crippen MR) is 115 cm³/mol. The zero-order valence-corrected chi connectivity index (χ0v) is 18.1. The lowest BCUT2D eigenvalue weighted by atomic mass is 9.92. The van der Waals surface area contributed by atoms with Gasteiger partial charge in [-0.25, -0.2) is 9.78 Å². The number of nitrogens with one attached hydrogen (secondary N) is 3. The van der Waals surface area contributed by atoms with E-state index in [1.165, 1.54) is 4.68 Å². The van der Waals surface area contributed by atoms with Crippen LogP contribution in [0.4, 0.5) is 10.6 Å². The maximum atomic E-state index is 12.4. The molecule has 0 bridgehead atoms. The summed E-state index contributed by atoms with van der Waals surface area (Å²) in [5.41, 5.74) is 1.61. The van der Waals surface area contributed by atoms with E-state index in [-0.39, 0.29) is 23.0 Å². The number of carbonyl (C=O) groups excluding carboxylic acids is 1. The number of aromatic amines is 1. The van der Waals surface area contributed by atoms with Crippen LogP contribution < -0.4 is 16.2 Å². The Hall–Kier alpha value is -2.94. The second-order valence-electron chi connectivity index (χ2n) is 7.77. The van der Waals surface area contributed by atoms with Gasteiger partial charge in [-0.1, -0.05) is 33.8 Å². The van der Waals surface area contributed by atoms with Crippen molar-refractivity contribution in [2.24, 2.45) is 0 Å². The molecule has 0 aliphatic heterocycles. The van der Waals surface area contributed by atoms with Crippen molar-refractivity contribution in [1.82, 2.24) is 25.1 Å². The van der Waals surface area contributed by atoms with Crippen molar-refractivity contribution >= 4 is 23.2 Å². The molecule has 0 fully saturated rings. The topological polar surface area (TPSA) is 105 Å². The molecule has 0 radical (unpaired) electrons. The zero-order chi connectivity index (χ0) is 21.2. The van der Waals surface area contributed by atoms with Gasteiger partial charge < -0.3 is 5.32 Å². The molecule has 154 valence electrons. The van der Waals surface area contributed by atoms with E-state index in [4.69, 9.17) is 0 Å². The van der Waals surface area contributed by atoms with Crippen LogP contribution in [0, 0.1) is 6.92 Å². The molecule has 0 spiro atoms. The number of aromatic nitrogens is 4. The molecule has 3 aromatic heterocycles. The van der Waals surface area contributed by atoms with Crippen LogP contribution in [0.15, 0.2) is 28.4 Å². The normalized spacial score (nSPS) is 11.5. The second-order valence-corrected chi connectivity index (χ2v) is 8.80. The molecule has 0 unspecified atom stereocenters. The maximum Gasteiger partial charge on any atom is 0.320 e. The molecule has 8 nitrogen and oxygen atoms in total. The first-order valence-electron chi connectivity index (χ1n) is 9.47. The number of H-pyrrole nitrogens is 1. The Kier molecular flexibility index (Phi) is 5.88. The highest BCUT2D eigenvalue weighted by Gasteiger charge is 2.23. The standard InChI is InChI=1S/C20H26N6O2S/c1-6-14-12(2)22-18(24-17(14)27)26-16(10-15(25-26)20(3,4)5)23-19(28)21-11-13-8-7-9-29-13/h7-10H,6,11H2,1-5H3,(H2,21,23,28)(H,22,24,27). The van der Waals surface area contributed by atoms with Crippen LogP contribution in [0.25, 0.3) is 5.95 Å². The summed E-state index contributed by atoms with van der Waals surface area (Å²) < 4.78 is 1.47. The van der Waals surface area contributed by atoms with Crippen LogP contribution in [0.3, 0.4) is 0 Å². The Bertz CT molecular complexity index is 1060. The third-order valence-corrected chi connectivity index (χ3v) is 5.36. The van der Waals surface area contributed by atoms with Crippen molar-refractivity contribution in [3.8, 4) is 5.95 Å². The first-order chi connectivity index (χ1) is 13.7. The first-order valence-corrected chi connectivity index (χ1v) is 10.3. The van der Waals surface area contributed by atoms with Crippen molar-refractivity contribution in [2.75, 3.05) is 5.32 Å². The third-order valence-electron chi connectivity index (χ3n) is 4.49. The number of urea groups is 1.